The summed E-state index contributed by atoms with van der Waals surface area (Å²) in [4.78, 5) is 14.7. The number of aromatic nitrogens is 4. The van der Waals surface area contributed by atoms with E-state index in [1.54, 1.807) is 12.1 Å². The first-order valence-corrected chi connectivity index (χ1v) is 7.33. The number of pyridine rings is 1. The molecular weight excluding hydrogens is 290 g/mol. The van der Waals surface area contributed by atoms with Crippen LogP contribution in [-0.4, -0.2) is 24.7 Å². The van der Waals surface area contributed by atoms with Crippen molar-refractivity contribution in [3.8, 4) is 0 Å². The summed E-state index contributed by atoms with van der Waals surface area (Å²) in [6, 6.07) is 2.98. The van der Waals surface area contributed by atoms with E-state index >= 15 is 0 Å². The predicted octanol–water partition coefficient (Wildman–Crippen LogP) is 2.80. The third-order valence-corrected chi connectivity index (χ3v) is 4.13. The molecule has 108 valence electrons. The van der Waals surface area contributed by atoms with Crippen LogP contribution in [-0.2, 0) is 6.54 Å². The number of allylic oxidation sites excluding steroid dienone is 1. The normalized spacial score (nSPS) is 14.1. The Morgan fingerprint density at radius 3 is 3.00 bits per heavy atom. The Labute approximate surface area is 125 Å². The predicted molar refractivity (Wildman–Crippen MR) is 77.2 cm³/mol. The first kappa shape index (κ1) is 13.7. The summed E-state index contributed by atoms with van der Waals surface area (Å²) in [7, 11) is 0. The molecule has 0 N–H and O–H groups in total. The van der Waals surface area contributed by atoms with Crippen molar-refractivity contribution < 1.29 is 4.92 Å². The molecule has 1 aliphatic rings. The van der Waals surface area contributed by atoms with Gasteiger partial charge in [-0.2, -0.15) is 0 Å². The zero-order chi connectivity index (χ0) is 14.8. The van der Waals surface area contributed by atoms with Crippen LogP contribution < -0.4 is 0 Å². The van der Waals surface area contributed by atoms with E-state index in [1.807, 2.05) is 4.57 Å². The van der Waals surface area contributed by atoms with E-state index in [0.717, 1.165) is 30.4 Å². The molecule has 2 aromatic heterocycles. The minimum absolute atomic E-state index is 0.0244. The van der Waals surface area contributed by atoms with Gasteiger partial charge in [-0.15, -0.1) is 16.8 Å². The third-order valence-electron chi connectivity index (χ3n) is 3.14. The second kappa shape index (κ2) is 5.65. The molecule has 1 saturated carbocycles. The summed E-state index contributed by atoms with van der Waals surface area (Å²) in [6.07, 6.45) is 5.53. The maximum atomic E-state index is 11.0. The van der Waals surface area contributed by atoms with Crippen molar-refractivity contribution in [1.82, 2.24) is 19.7 Å². The zero-order valence-corrected chi connectivity index (χ0v) is 12.0. The standard InChI is InChI=1S/C13H13N5O2S/c1-2-8-17-11(9-5-6-9)15-16-13(17)21-12-10(18(19)20)4-3-7-14-12/h2-4,7,9H,1,5-6,8H2. The van der Waals surface area contributed by atoms with E-state index in [1.165, 1.54) is 12.3 Å². The number of rotatable bonds is 6. The lowest BCUT2D eigenvalue weighted by atomic mass is 10.4. The molecule has 3 rings (SSSR count). The summed E-state index contributed by atoms with van der Waals surface area (Å²) < 4.78 is 1.95. The molecule has 8 heteroatoms. The van der Waals surface area contributed by atoms with Crippen molar-refractivity contribution in [2.45, 2.75) is 35.5 Å². The van der Waals surface area contributed by atoms with Gasteiger partial charge in [0.25, 0.3) is 0 Å². The van der Waals surface area contributed by atoms with E-state index < -0.39 is 4.92 Å². The fraction of sp³-hybridized carbons (Fsp3) is 0.308. The number of hydrogen-bond acceptors (Lipinski definition) is 6. The molecule has 0 atom stereocenters. The van der Waals surface area contributed by atoms with Gasteiger partial charge >= 0.3 is 5.69 Å². The highest BCUT2D eigenvalue weighted by atomic mass is 32.2. The summed E-state index contributed by atoms with van der Waals surface area (Å²) >= 11 is 1.16. The van der Waals surface area contributed by atoms with Crippen LogP contribution in [0.2, 0.25) is 0 Å². The van der Waals surface area contributed by atoms with Crippen molar-refractivity contribution in [2.75, 3.05) is 0 Å². The van der Waals surface area contributed by atoms with E-state index in [-0.39, 0.29) is 5.69 Å². The Morgan fingerprint density at radius 1 is 1.52 bits per heavy atom. The van der Waals surface area contributed by atoms with Gasteiger partial charge in [0.2, 0.25) is 0 Å². The van der Waals surface area contributed by atoms with Gasteiger partial charge in [-0.25, -0.2) is 4.98 Å². The molecule has 0 unspecified atom stereocenters. The fourth-order valence-corrected chi connectivity index (χ4v) is 2.90. The van der Waals surface area contributed by atoms with Gasteiger partial charge in [0.1, 0.15) is 5.82 Å². The quantitative estimate of drug-likeness (QED) is 0.463. The van der Waals surface area contributed by atoms with Gasteiger partial charge in [0.15, 0.2) is 10.2 Å². The van der Waals surface area contributed by atoms with E-state index in [4.69, 9.17) is 0 Å². The number of nitrogens with zero attached hydrogens (tertiary/aromatic N) is 5. The molecule has 2 aromatic rings. The van der Waals surface area contributed by atoms with Gasteiger partial charge in [-0.05, 0) is 30.7 Å². The number of hydrogen-bond donors (Lipinski definition) is 0. The average molecular weight is 303 g/mol. The van der Waals surface area contributed by atoms with Gasteiger partial charge in [0.05, 0.1) is 4.92 Å². The zero-order valence-electron chi connectivity index (χ0n) is 11.2. The van der Waals surface area contributed by atoms with E-state index in [0.29, 0.717) is 22.6 Å². The molecule has 0 saturated heterocycles. The van der Waals surface area contributed by atoms with Crippen LogP contribution in [0.15, 0.2) is 41.2 Å². The maximum Gasteiger partial charge on any atom is 0.301 e. The Morgan fingerprint density at radius 2 is 2.33 bits per heavy atom. The highest BCUT2D eigenvalue weighted by molar-refractivity contribution is 7.99. The summed E-state index contributed by atoms with van der Waals surface area (Å²) in [5, 5.41) is 20.3. The van der Waals surface area contributed by atoms with Crippen molar-refractivity contribution in [2.24, 2.45) is 0 Å². The second-order valence-electron chi connectivity index (χ2n) is 4.70. The molecule has 1 fully saturated rings. The lowest BCUT2D eigenvalue weighted by Crippen LogP contribution is -2.03. The van der Waals surface area contributed by atoms with Gasteiger partial charge < -0.3 is 4.57 Å². The minimum atomic E-state index is -0.439. The smallest absolute Gasteiger partial charge is 0.301 e. The van der Waals surface area contributed by atoms with Gasteiger partial charge in [-0.3, -0.25) is 10.1 Å². The number of nitro groups is 1. The SMILES string of the molecule is C=CCn1c(Sc2ncccc2[N+](=O)[O-])nnc1C1CC1. The molecule has 0 aliphatic heterocycles. The first-order valence-electron chi connectivity index (χ1n) is 6.52. The van der Waals surface area contributed by atoms with E-state index in [9.17, 15) is 10.1 Å². The van der Waals surface area contributed by atoms with Crippen LogP contribution in [0.5, 0.6) is 0 Å². The first-order chi connectivity index (χ1) is 10.2. The largest absolute Gasteiger partial charge is 0.302 e. The van der Waals surface area contributed by atoms with Crippen molar-refractivity contribution >= 4 is 17.4 Å². The monoisotopic (exact) mass is 303 g/mol. The summed E-state index contributed by atoms with van der Waals surface area (Å²) in [6.45, 7) is 4.33. The van der Waals surface area contributed by atoms with Crippen molar-refractivity contribution in [3.05, 3.63) is 46.9 Å². The Bertz CT molecular complexity index is 696. The fourth-order valence-electron chi connectivity index (χ4n) is 2.01. The molecule has 0 spiro atoms. The van der Waals surface area contributed by atoms with Crippen LogP contribution >= 0.6 is 11.8 Å². The average Bonchev–Trinajstić information content (AvgIpc) is 3.24. The topological polar surface area (TPSA) is 86.7 Å². The molecule has 2 heterocycles. The molecule has 21 heavy (non-hydrogen) atoms. The second-order valence-corrected chi connectivity index (χ2v) is 5.66. The lowest BCUT2D eigenvalue weighted by molar-refractivity contribution is -0.388. The van der Waals surface area contributed by atoms with Crippen LogP contribution in [0.1, 0.15) is 24.6 Å². The van der Waals surface area contributed by atoms with Crippen LogP contribution in [0.25, 0.3) is 0 Å². The van der Waals surface area contributed by atoms with Crippen molar-refractivity contribution in [1.29, 1.82) is 0 Å². The molecule has 1 aliphatic carbocycles. The lowest BCUT2D eigenvalue weighted by Gasteiger charge is -2.06. The highest BCUT2D eigenvalue weighted by Gasteiger charge is 2.30. The highest BCUT2D eigenvalue weighted by Crippen LogP contribution is 2.41. The van der Waals surface area contributed by atoms with Crippen molar-refractivity contribution in [3.63, 3.8) is 0 Å². The maximum absolute atomic E-state index is 11.0. The molecule has 0 aromatic carbocycles. The van der Waals surface area contributed by atoms with Crippen LogP contribution in [0.4, 0.5) is 5.69 Å². The van der Waals surface area contributed by atoms with Gasteiger partial charge in [0, 0.05) is 24.7 Å². The van der Waals surface area contributed by atoms with Gasteiger partial charge in [-0.1, -0.05) is 6.08 Å². The van der Waals surface area contributed by atoms with Crippen LogP contribution in [0.3, 0.4) is 0 Å². The minimum Gasteiger partial charge on any atom is -0.302 e. The molecule has 0 amide bonds. The Kier molecular flexibility index (Phi) is 3.70. The summed E-state index contributed by atoms with van der Waals surface area (Å²) in [5.74, 6) is 1.38. The Balaban J connectivity index is 1.95. The summed E-state index contributed by atoms with van der Waals surface area (Å²) in [5.41, 5.74) is -0.0244. The Hall–Kier alpha value is -2.22. The van der Waals surface area contributed by atoms with E-state index in [2.05, 4.69) is 21.8 Å². The third kappa shape index (κ3) is 2.80. The van der Waals surface area contributed by atoms with Crippen LogP contribution in [0, 0.1) is 10.1 Å². The molecule has 0 radical (unpaired) electrons. The molecular formula is C13H13N5O2S. The molecule has 0 bridgehead atoms. The molecule has 7 nitrogen and oxygen atoms in total.